The smallest absolute Gasteiger partial charge is 0.196 e. The monoisotopic (exact) mass is 394 g/mol. The maximum Gasteiger partial charge on any atom is 0.196 e. The van der Waals surface area contributed by atoms with Gasteiger partial charge in [-0.25, -0.2) is 0 Å². The fourth-order valence-electron chi connectivity index (χ4n) is 4.40. The van der Waals surface area contributed by atoms with Crippen molar-refractivity contribution in [1.82, 2.24) is 9.88 Å². The number of nitrogens with zero attached hydrogens (tertiary/aromatic N) is 1. The number of Topliss-reactive ketones (excluding diaryl/α,β-unsaturated/α-hetero) is 3. The lowest BCUT2D eigenvalue weighted by molar-refractivity contribution is 0.0710. The molecule has 0 saturated carbocycles. The minimum absolute atomic E-state index is 0.00131. The summed E-state index contributed by atoms with van der Waals surface area (Å²) in [5.41, 5.74) is 4.53. The van der Waals surface area contributed by atoms with Gasteiger partial charge in [-0.15, -0.1) is 0 Å². The molecule has 1 aliphatic heterocycles. The molecule has 1 atom stereocenters. The maximum absolute atomic E-state index is 13.1. The van der Waals surface area contributed by atoms with Crippen LogP contribution in [0.15, 0.2) is 24.3 Å². The minimum Gasteiger partial charge on any atom is -0.355 e. The predicted octanol–water partition coefficient (Wildman–Crippen LogP) is 4.31. The number of carbonyl (C=O) groups is 3. The zero-order valence-corrected chi connectivity index (χ0v) is 18.0. The molecule has 0 bridgehead atoms. The van der Waals surface area contributed by atoms with Crippen molar-refractivity contribution in [2.75, 3.05) is 13.1 Å². The first-order valence-electron chi connectivity index (χ1n) is 10.3. The van der Waals surface area contributed by atoms with Gasteiger partial charge in [0, 0.05) is 22.7 Å². The van der Waals surface area contributed by atoms with Gasteiger partial charge in [-0.1, -0.05) is 29.8 Å². The molecule has 1 aromatic heterocycles. The minimum atomic E-state index is -0.290. The molecule has 0 aliphatic carbocycles. The van der Waals surface area contributed by atoms with Crippen molar-refractivity contribution < 1.29 is 14.4 Å². The summed E-state index contributed by atoms with van der Waals surface area (Å²) in [4.78, 5) is 43.0. The van der Waals surface area contributed by atoms with E-state index in [0.29, 0.717) is 24.3 Å². The summed E-state index contributed by atoms with van der Waals surface area (Å²) >= 11 is 0. The Bertz CT molecular complexity index is 932. The van der Waals surface area contributed by atoms with Crippen molar-refractivity contribution in [2.24, 2.45) is 5.92 Å². The van der Waals surface area contributed by atoms with Crippen LogP contribution < -0.4 is 0 Å². The molecule has 1 aromatic carbocycles. The van der Waals surface area contributed by atoms with Crippen LogP contribution >= 0.6 is 0 Å². The summed E-state index contributed by atoms with van der Waals surface area (Å²) in [5, 5.41) is 0. The average Bonchev–Trinajstić information content (AvgIpc) is 3.01. The lowest BCUT2D eigenvalue weighted by atomic mass is 9.88. The highest BCUT2D eigenvalue weighted by Gasteiger charge is 2.32. The van der Waals surface area contributed by atoms with Gasteiger partial charge >= 0.3 is 0 Å². The van der Waals surface area contributed by atoms with Crippen molar-refractivity contribution in [2.45, 2.75) is 53.5 Å². The predicted molar refractivity (Wildman–Crippen MR) is 114 cm³/mol. The lowest BCUT2D eigenvalue weighted by Crippen LogP contribution is -2.45. The number of hydrogen-bond acceptors (Lipinski definition) is 4. The number of nitrogens with one attached hydrogen (secondary N) is 1. The maximum atomic E-state index is 13.1. The first kappa shape index (κ1) is 21.2. The van der Waals surface area contributed by atoms with Crippen molar-refractivity contribution in [3.63, 3.8) is 0 Å². The highest BCUT2D eigenvalue weighted by Crippen LogP contribution is 2.26. The second kappa shape index (κ2) is 8.46. The van der Waals surface area contributed by atoms with Gasteiger partial charge in [-0.05, 0) is 66.1 Å². The van der Waals surface area contributed by atoms with Crippen molar-refractivity contribution in [3.05, 3.63) is 57.9 Å². The number of ketones is 3. The van der Waals surface area contributed by atoms with Crippen molar-refractivity contribution in [3.8, 4) is 0 Å². The quantitative estimate of drug-likeness (QED) is 0.741. The second-order valence-corrected chi connectivity index (χ2v) is 8.26. The summed E-state index contributed by atoms with van der Waals surface area (Å²) in [7, 11) is 0. The third kappa shape index (κ3) is 4.25. The standard InChI is InChI=1S/C24H30N2O3/c1-14-6-8-19(9-7-14)24(29)20-10-12-26(13-11-20)17(4)23(28)22-15(2)21(18(5)27)16(3)25-22/h6-9,17,20,25H,10-13H2,1-5H3. The number of aryl methyl sites for hydroxylation is 2. The summed E-state index contributed by atoms with van der Waals surface area (Å²) in [6.07, 6.45) is 1.51. The van der Waals surface area contributed by atoms with E-state index in [1.54, 1.807) is 0 Å². The Labute approximate surface area is 172 Å². The van der Waals surface area contributed by atoms with Crippen LogP contribution in [0.2, 0.25) is 0 Å². The lowest BCUT2D eigenvalue weighted by Gasteiger charge is -2.34. The molecule has 1 unspecified atom stereocenters. The van der Waals surface area contributed by atoms with E-state index in [4.69, 9.17) is 0 Å². The van der Waals surface area contributed by atoms with E-state index in [2.05, 4.69) is 9.88 Å². The van der Waals surface area contributed by atoms with E-state index >= 15 is 0 Å². The summed E-state index contributed by atoms with van der Waals surface area (Å²) in [6, 6.07) is 7.46. The van der Waals surface area contributed by atoms with Crippen LogP contribution in [0.1, 0.15) is 74.7 Å². The van der Waals surface area contributed by atoms with Crippen LogP contribution in [-0.2, 0) is 0 Å². The van der Waals surface area contributed by atoms with Crippen molar-refractivity contribution >= 4 is 17.3 Å². The molecule has 0 radical (unpaired) electrons. The molecule has 1 aliphatic rings. The van der Waals surface area contributed by atoms with Crippen LogP contribution in [0.25, 0.3) is 0 Å². The number of carbonyl (C=O) groups excluding carboxylic acids is 3. The molecule has 5 nitrogen and oxygen atoms in total. The van der Waals surface area contributed by atoms with E-state index in [1.165, 1.54) is 6.92 Å². The Hall–Kier alpha value is -2.53. The van der Waals surface area contributed by atoms with Crippen LogP contribution in [0.4, 0.5) is 0 Å². The zero-order chi connectivity index (χ0) is 21.3. The molecular weight excluding hydrogens is 364 g/mol. The number of H-pyrrole nitrogens is 1. The third-order valence-corrected chi connectivity index (χ3v) is 6.20. The highest BCUT2D eigenvalue weighted by molar-refractivity contribution is 6.05. The zero-order valence-electron chi connectivity index (χ0n) is 18.0. The molecule has 29 heavy (non-hydrogen) atoms. The molecule has 5 heteroatoms. The Morgan fingerprint density at radius 1 is 1.03 bits per heavy atom. The van der Waals surface area contributed by atoms with Gasteiger partial charge in [-0.3, -0.25) is 19.3 Å². The summed E-state index contributed by atoms with van der Waals surface area (Å²) in [6.45, 7) is 10.5. The van der Waals surface area contributed by atoms with Crippen LogP contribution in [0.3, 0.4) is 0 Å². The fraction of sp³-hybridized carbons (Fsp3) is 0.458. The van der Waals surface area contributed by atoms with Crippen LogP contribution in [0.5, 0.6) is 0 Å². The van der Waals surface area contributed by atoms with Crippen molar-refractivity contribution in [1.29, 1.82) is 0 Å². The van der Waals surface area contributed by atoms with Gasteiger partial charge in [0.05, 0.1) is 11.7 Å². The third-order valence-electron chi connectivity index (χ3n) is 6.20. The van der Waals surface area contributed by atoms with Gasteiger partial charge in [0.1, 0.15) is 0 Å². The van der Waals surface area contributed by atoms with Crippen LogP contribution in [-0.4, -0.2) is 46.4 Å². The summed E-state index contributed by atoms with van der Waals surface area (Å²) in [5.74, 6) is 0.181. The first-order valence-corrected chi connectivity index (χ1v) is 10.3. The Morgan fingerprint density at radius 3 is 2.14 bits per heavy atom. The Kier molecular flexibility index (Phi) is 6.18. The molecule has 0 amide bonds. The normalized spacial score (nSPS) is 16.6. The van der Waals surface area contributed by atoms with Gasteiger partial charge < -0.3 is 4.98 Å². The SMILES string of the molecule is CC(=O)c1c(C)[nH]c(C(=O)C(C)N2CCC(C(=O)c3ccc(C)cc3)CC2)c1C. The van der Waals surface area contributed by atoms with E-state index in [0.717, 1.165) is 35.2 Å². The number of piperidine rings is 1. The second-order valence-electron chi connectivity index (χ2n) is 8.26. The molecule has 2 aromatic rings. The number of likely N-dealkylation sites (tertiary alicyclic amines) is 1. The van der Waals surface area contributed by atoms with E-state index in [-0.39, 0.29) is 29.3 Å². The number of benzene rings is 1. The molecular formula is C24H30N2O3. The van der Waals surface area contributed by atoms with Gasteiger partial charge in [-0.2, -0.15) is 0 Å². The average molecular weight is 395 g/mol. The van der Waals surface area contributed by atoms with E-state index in [1.807, 2.05) is 52.0 Å². The fourth-order valence-corrected chi connectivity index (χ4v) is 4.40. The number of rotatable bonds is 6. The Balaban J connectivity index is 1.65. The number of aromatic nitrogens is 1. The molecule has 1 N–H and O–H groups in total. The van der Waals surface area contributed by atoms with Crippen LogP contribution in [0, 0.1) is 26.7 Å². The Morgan fingerprint density at radius 2 is 1.62 bits per heavy atom. The molecule has 0 spiro atoms. The van der Waals surface area contributed by atoms with E-state index in [9.17, 15) is 14.4 Å². The molecule has 2 heterocycles. The number of aromatic amines is 1. The first-order chi connectivity index (χ1) is 13.7. The molecule has 3 rings (SSSR count). The highest BCUT2D eigenvalue weighted by atomic mass is 16.1. The summed E-state index contributed by atoms with van der Waals surface area (Å²) < 4.78 is 0. The van der Waals surface area contributed by atoms with Gasteiger partial charge in [0.25, 0.3) is 0 Å². The molecule has 1 fully saturated rings. The van der Waals surface area contributed by atoms with Gasteiger partial charge in [0.2, 0.25) is 0 Å². The topological polar surface area (TPSA) is 70.2 Å². The van der Waals surface area contributed by atoms with E-state index < -0.39 is 0 Å². The number of hydrogen-bond donors (Lipinski definition) is 1. The molecule has 154 valence electrons. The molecule has 1 saturated heterocycles. The largest absolute Gasteiger partial charge is 0.355 e. The van der Waals surface area contributed by atoms with Gasteiger partial charge in [0.15, 0.2) is 17.3 Å².